The van der Waals surface area contributed by atoms with E-state index in [4.69, 9.17) is 10.8 Å². The molecule has 0 spiro atoms. The maximum Gasteiger partial charge on any atom is 0.317 e. The fourth-order valence-corrected chi connectivity index (χ4v) is 2.27. The molecule has 0 aromatic heterocycles. The van der Waals surface area contributed by atoms with Crippen LogP contribution in [0.3, 0.4) is 0 Å². The summed E-state index contributed by atoms with van der Waals surface area (Å²) in [5, 5.41) is 8.30. The van der Waals surface area contributed by atoms with E-state index in [2.05, 4.69) is 13.8 Å². The molecule has 0 aliphatic rings. The zero-order chi connectivity index (χ0) is 10.3. The van der Waals surface area contributed by atoms with Crippen molar-refractivity contribution in [3.8, 4) is 0 Å². The van der Waals surface area contributed by atoms with Crippen LogP contribution in [0.15, 0.2) is 0 Å². The Balaban J connectivity index is 3.76. The molecule has 0 aromatic carbocycles. The van der Waals surface area contributed by atoms with Gasteiger partial charge in [-0.05, 0) is 11.7 Å². The number of thioether (sulfide) groups is 1. The molecule has 1 atom stereocenters. The van der Waals surface area contributed by atoms with Crippen LogP contribution < -0.4 is 5.73 Å². The lowest BCUT2D eigenvalue weighted by Gasteiger charge is -2.14. The summed E-state index contributed by atoms with van der Waals surface area (Å²) >= 11 is 1.46. The second kappa shape index (κ2) is 7.21. The number of carbonyl (C=O) groups is 1. The highest BCUT2D eigenvalue weighted by Gasteiger charge is 2.17. The Bertz CT molecular complexity index is 149. The summed E-state index contributed by atoms with van der Waals surface area (Å²) in [7, 11) is 0. The molecule has 0 amide bonds. The van der Waals surface area contributed by atoms with Gasteiger partial charge in [-0.3, -0.25) is 4.79 Å². The first-order valence-electron chi connectivity index (χ1n) is 4.70. The van der Waals surface area contributed by atoms with E-state index in [1.54, 1.807) is 0 Å². The second-order valence-electron chi connectivity index (χ2n) is 3.08. The van der Waals surface area contributed by atoms with Gasteiger partial charge in [0.15, 0.2) is 0 Å². The minimum Gasteiger partial charge on any atom is -0.480 e. The van der Waals surface area contributed by atoms with Gasteiger partial charge < -0.3 is 10.8 Å². The summed E-state index contributed by atoms with van der Waals surface area (Å²) in [6, 6.07) is 0. The molecule has 78 valence electrons. The van der Waals surface area contributed by atoms with Crippen LogP contribution >= 0.6 is 11.8 Å². The molecule has 0 unspecified atom stereocenters. The fraction of sp³-hybridized carbons (Fsp3) is 0.889. The lowest BCUT2D eigenvalue weighted by Crippen LogP contribution is -2.27. The van der Waals surface area contributed by atoms with Gasteiger partial charge >= 0.3 is 5.97 Å². The van der Waals surface area contributed by atoms with Gasteiger partial charge in [0.1, 0.15) is 5.25 Å². The monoisotopic (exact) mass is 205 g/mol. The maximum absolute atomic E-state index is 10.6. The largest absolute Gasteiger partial charge is 0.480 e. The molecule has 3 nitrogen and oxygen atoms in total. The average Bonchev–Trinajstić information content (AvgIpc) is 2.12. The van der Waals surface area contributed by atoms with E-state index in [1.165, 1.54) is 11.8 Å². The Kier molecular flexibility index (Phi) is 7.09. The van der Waals surface area contributed by atoms with E-state index in [0.29, 0.717) is 5.92 Å². The van der Waals surface area contributed by atoms with Crippen LogP contribution in [0.4, 0.5) is 0 Å². The van der Waals surface area contributed by atoms with Gasteiger partial charge in [-0.25, -0.2) is 0 Å². The Morgan fingerprint density at radius 1 is 1.46 bits per heavy atom. The molecule has 0 saturated carbocycles. The predicted octanol–water partition coefficient (Wildman–Crippen LogP) is 1.57. The maximum atomic E-state index is 10.6. The molecule has 13 heavy (non-hydrogen) atoms. The van der Waals surface area contributed by atoms with Gasteiger partial charge in [-0.2, -0.15) is 0 Å². The fourth-order valence-electron chi connectivity index (χ4n) is 1.02. The number of hydrogen-bond acceptors (Lipinski definition) is 3. The predicted molar refractivity (Wildman–Crippen MR) is 57.0 cm³/mol. The van der Waals surface area contributed by atoms with E-state index >= 15 is 0 Å². The molecule has 0 radical (unpaired) electrons. The van der Waals surface area contributed by atoms with Crippen molar-refractivity contribution in [2.45, 2.75) is 31.9 Å². The molecule has 0 aliphatic heterocycles. The van der Waals surface area contributed by atoms with Gasteiger partial charge in [-0.15, -0.1) is 11.8 Å². The number of carboxylic acids is 1. The molecule has 0 aliphatic carbocycles. The van der Waals surface area contributed by atoms with E-state index in [9.17, 15) is 4.79 Å². The second-order valence-corrected chi connectivity index (χ2v) is 4.31. The van der Waals surface area contributed by atoms with Crippen molar-refractivity contribution in [1.82, 2.24) is 0 Å². The highest BCUT2D eigenvalue weighted by molar-refractivity contribution is 8.00. The lowest BCUT2D eigenvalue weighted by molar-refractivity contribution is -0.136. The number of carboxylic acid groups (broad SMARTS) is 1. The highest BCUT2D eigenvalue weighted by atomic mass is 32.2. The van der Waals surface area contributed by atoms with Crippen LogP contribution in [0.1, 0.15) is 26.7 Å². The van der Waals surface area contributed by atoms with Crippen molar-refractivity contribution in [3.63, 3.8) is 0 Å². The van der Waals surface area contributed by atoms with Crippen molar-refractivity contribution in [3.05, 3.63) is 0 Å². The van der Waals surface area contributed by atoms with Crippen LogP contribution in [-0.4, -0.2) is 28.6 Å². The first-order valence-corrected chi connectivity index (χ1v) is 5.74. The summed E-state index contributed by atoms with van der Waals surface area (Å²) in [6.45, 7) is 4.49. The number of nitrogens with two attached hydrogens (primary N) is 1. The van der Waals surface area contributed by atoms with E-state index < -0.39 is 11.2 Å². The van der Waals surface area contributed by atoms with Crippen molar-refractivity contribution < 1.29 is 9.90 Å². The van der Waals surface area contributed by atoms with E-state index in [-0.39, 0.29) is 6.54 Å². The molecule has 0 saturated heterocycles. The average molecular weight is 205 g/mol. The number of aliphatic carboxylic acids is 1. The van der Waals surface area contributed by atoms with Crippen molar-refractivity contribution >= 4 is 17.7 Å². The molecular formula is C9H19NO2S. The quantitative estimate of drug-likeness (QED) is 0.662. The minimum absolute atomic E-state index is 0.222. The summed E-state index contributed by atoms with van der Waals surface area (Å²) in [4.78, 5) is 10.6. The third-order valence-corrected chi connectivity index (χ3v) is 3.64. The smallest absolute Gasteiger partial charge is 0.317 e. The van der Waals surface area contributed by atoms with Crippen LogP contribution in [0.5, 0.6) is 0 Å². The molecule has 0 aromatic rings. The topological polar surface area (TPSA) is 63.3 Å². The highest BCUT2D eigenvalue weighted by Crippen LogP contribution is 2.19. The molecule has 0 rings (SSSR count). The van der Waals surface area contributed by atoms with Crippen LogP contribution in [0.2, 0.25) is 0 Å². The van der Waals surface area contributed by atoms with Crippen molar-refractivity contribution in [2.75, 3.05) is 12.3 Å². The van der Waals surface area contributed by atoms with Crippen LogP contribution in [0.25, 0.3) is 0 Å². The van der Waals surface area contributed by atoms with Gasteiger partial charge in [0.2, 0.25) is 0 Å². The van der Waals surface area contributed by atoms with E-state index in [1.807, 2.05) is 0 Å². The molecule has 4 heteroatoms. The Morgan fingerprint density at radius 2 is 2.00 bits per heavy atom. The molecule has 0 fully saturated rings. The van der Waals surface area contributed by atoms with Crippen LogP contribution in [-0.2, 0) is 4.79 Å². The Morgan fingerprint density at radius 3 is 2.31 bits per heavy atom. The lowest BCUT2D eigenvalue weighted by atomic mass is 10.1. The molecular weight excluding hydrogens is 186 g/mol. The van der Waals surface area contributed by atoms with E-state index in [0.717, 1.165) is 18.6 Å². The van der Waals surface area contributed by atoms with Gasteiger partial charge in [0.05, 0.1) is 0 Å². The number of rotatable bonds is 7. The summed E-state index contributed by atoms with van der Waals surface area (Å²) < 4.78 is 0. The van der Waals surface area contributed by atoms with Crippen molar-refractivity contribution in [2.24, 2.45) is 11.7 Å². The normalized spacial score (nSPS) is 13.2. The van der Waals surface area contributed by atoms with Gasteiger partial charge in [0, 0.05) is 6.54 Å². The third-order valence-electron chi connectivity index (χ3n) is 2.18. The first-order chi connectivity index (χ1) is 6.15. The summed E-state index contributed by atoms with van der Waals surface area (Å²) in [6.07, 6.45) is 2.22. The molecule has 0 bridgehead atoms. The van der Waals surface area contributed by atoms with Gasteiger partial charge in [-0.1, -0.05) is 26.7 Å². The molecule has 3 N–H and O–H groups in total. The SMILES string of the molecule is CCC(CC)CS[C@@H](CN)C(=O)O. The summed E-state index contributed by atoms with van der Waals surface area (Å²) in [5.41, 5.74) is 5.34. The molecule has 0 heterocycles. The minimum atomic E-state index is -0.793. The summed E-state index contributed by atoms with van der Waals surface area (Å²) in [5.74, 6) is 0.734. The zero-order valence-corrected chi connectivity index (χ0v) is 9.14. The van der Waals surface area contributed by atoms with Crippen molar-refractivity contribution in [1.29, 1.82) is 0 Å². The Hall–Kier alpha value is -0.220. The standard InChI is InChI=1S/C9H19NO2S/c1-3-7(4-2)6-13-8(5-10)9(11)12/h7-8H,3-6,10H2,1-2H3,(H,11,12)/t8-/m0/s1. The third kappa shape index (κ3) is 5.16. The first kappa shape index (κ1) is 12.8. The number of hydrogen-bond donors (Lipinski definition) is 2. The Labute approximate surface area is 84.1 Å². The zero-order valence-electron chi connectivity index (χ0n) is 8.32. The van der Waals surface area contributed by atoms with Crippen LogP contribution in [0, 0.1) is 5.92 Å². The van der Waals surface area contributed by atoms with Gasteiger partial charge in [0.25, 0.3) is 0 Å².